The monoisotopic (exact) mass is 521 g/mol. The number of alkyl halides is 3. The van der Waals surface area contributed by atoms with Gasteiger partial charge in [-0.15, -0.1) is 13.2 Å². The van der Waals surface area contributed by atoms with E-state index < -0.39 is 33.5 Å². The normalized spacial score (nSPS) is 13.4. The lowest BCUT2D eigenvalue weighted by Crippen LogP contribution is -2.33. The molecule has 2 N–H and O–H groups in total. The van der Waals surface area contributed by atoms with E-state index in [0.29, 0.717) is 5.69 Å². The first kappa shape index (κ1) is 25.0. The fourth-order valence-electron chi connectivity index (χ4n) is 3.93. The van der Waals surface area contributed by atoms with Crippen LogP contribution in [0.5, 0.6) is 5.75 Å². The number of aromatic nitrogens is 3. The van der Waals surface area contributed by atoms with Crippen LogP contribution in [0.25, 0.3) is 16.6 Å². The predicted molar refractivity (Wildman–Crippen MR) is 134 cm³/mol. The van der Waals surface area contributed by atoms with Crippen LogP contribution in [-0.2, 0) is 6.30 Å². The number of anilines is 2. The lowest BCUT2D eigenvalue weighted by molar-refractivity contribution is -0.203. The van der Waals surface area contributed by atoms with E-state index in [-0.39, 0.29) is 17.1 Å². The molecule has 38 heavy (non-hydrogen) atoms. The molecule has 0 bridgehead atoms. The van der Waals surface area contributed by atoms with Gasteiger partial charge in [0.2, 0.25) is 5.95 Å². The second-order valence-corrected chi connectivity index (χ2v) is 8.28. The number of para-hydroxylation sites is 1. The number of hydrogen-bond acceptors (Lipinski definition) is 6. The van der Waals surface area contributed by atoms with Gasteiger partial charge in [-0.1, -0.05) is 30.3 Å². The van der Waals surface area contributed by atoms with Crippen molar-refractivity contribution in [1.82, 2.24) is 19.9 Å². The molecule has 11 heteroatoms. The van der Waals surface area contributed by atoms with Crippen LogP contribution >= 0.6 is 0 Å². The zero-order valence-corrected chi connectivity index (χ0v) is 19.6. The van der Waals surface area contributed by atoms with Gasteiger partial charge in [-0.25, -0.2) is 9.37 Å². The zero-order valence-electron chi connectivity index (χ0n) is 19.6. The minimum Gasteiger partial charge on any atom is -0.404 e. The number of nitrogens with zero attached hydrogens (tertiary/aromatic N) is 3. The average Bonchev–Trinajstić information content (AvgIpc) is 2.90. The summed E-state index contributed by atoms with van der Waals surface area (Å²) in [7, 11) is 0. The van der Waals surface area contributed by atoms with Gasteiger partial charge < -0.3 is 15.4 Å². The van der Waals surface area contributed by atoms with Gasteiger partial charge in [0.1, 0.15) is 6.11 Å². The van der Waals surface area contributed by atoms with Crippen LogP contribution in [0, 0.1) is 17.8 Å². The van der Waals surface area contributed by atoms with Gasteiger partial charge in [0.05, 0.1) is 5.56 Å². The third kappa shape index (κ3) is 5.35. The third-order valence-electron chi connectivity index (χ3n) is 5.75. The number of pyridine rings is 1. The second-order valence-electron chi connectivity index (χ2n) is 8.28. The van der Waals surface area contributed by atoms with Gasteiger partial charge in [-0.3, -0.25) is 4.79 Å². The van der Waals surface area contributed by atoms with Crippen LogP contribution in [0.2, 0.25) is 0 Å². The van der Waals surface area contributed by atoms with E-state index in [1.807, 2.05) is 12.1 Å². The van der Waals surface area contributed by atoms with Crippen molar-refractivity contribution in [2.24, 2.45) is 0 Å². The Morgan fingerprint density at radius 3 is 2.61 bits per heavy atom. The Morgan fingerprint density at radius 2 is 1.89 bits per heavy atom. The second kappa shape index (κ2) is 10.4. The molecule has 4 aromatic rings. The van der Waals surface area contributed by atoms with E-state index in [1.54, 1.807) is 12.1 Å². The summed E-state index contributed by atoms with van der Waals surface area (Å²) in [6, 6.07) is 13.8. The Kier molecular flexibility index (Phi) is 6.81. The summed E-state index contributed by atoms with van der Waals surface area (Å²) in [5.41, 5.74) is 0.227. The molecule has 0 amide bonds. The Labute approximate surface area is 213 Å². The van der Waals surface area contributed by atoms with Gasteiger partial charge in [-0.2, -0.15) is 9.55 Å². The molecule has 3 heterocycles. The van der Waals surface area contributed by atoms with Gasteiger partial charge in [0.25, 0.3) is 5.56 Å². The lowest BCUT2D eigenvalue weighted by Gasteiger charge is -2.15. The molecule has 0 saturated carbocycles. The Morgan fingerprint density at radius 1 is 1.11 bits per heavy atom. The summed E-state index contributed by atoms with van der Waals surface area (Å²) in [4.78, 5) is 20.8. The molecule has 2 aromatic carbocycles. The van der Waals surface area contributed by atoms with E-state index in [9.17, 15) is 22.4 Å². The van der Waals surface area contributed by atoms with Gasteiger partial charge in [0.15, 0.2) is 17.2 Å². The molecule has 1 aliphatic heterocycles. The van der Waals surface area contributed by atoms with Crippen molar-refractivity contribution in [3.05, 3.63) is 94.2 Å². The highest BCUT2D eigenvalue weighted by Gasteiger charge is 2.35. The van der Waals surface area contributed by atoms with E-state index >= 15 is 0 Å². The molecule has 0 aliphatic carbocycles. The van der Waals surface area contributed by atoms with Gasteiger partial charge >= 0.3 is 6.30 Å². The topological polar surface area (TPSA) is 81.1 Å². The van der Waals surface area contributed by atoms with Gasteiger partial charge in [-0.05, 0) is 60.4 Å². The first-order chi connectivity index (χ1) is 18.3. The molecule has 1 aliphatic rings. The number of nitrogens with one attached hydrogen (secondary N) is 2. The first-order valence-electron chi connectivity index (χ1n) is 11.5. The molecule has 0 radical (unpaired) electrons. The highest BCUT2D eigenvalue weighted by Crippen LogP contribution is 2.27. The molecule has 2 aromatic heterocycles. The van der Waals surface area contributed by atoms with Crippen LogP contribution in [-0.4, -0.2) is 27.6 Å². The number of hydrogen-bond donors (Lipinski definition) is 2. The Hall–Kier alpha value is -4.69. The van der Waals surface area contributed by atoms with Crippen LogP contribution in [0.4, 0.5) is 29.2 Å². The Bertz CT molecular complexity index is 1650. The molecule has 0 saturated heterocycles. The number of fused-ring (bicyclic) bond motifs is 1. The van der Waals surface area contributed by atoms with E-state index in [1.165, 1.54) is 23.8 Å². The molecular weight excluding hydrogens is 502 g/mol. The van der Waals surface area contributed by atoms with Crippen molar-refractivity contribution in [1.29, 1.82) is 0 Å². The average molecular weight is 521 g/mol. The summed E-state index contributed by atoms with van der Waals surface area (Å²) >= 11 is 0. The molecule has 0 fully saturated rings. The maximum absolute atomic E-state index is 13.9. The van der Waals surface area contributed by atoms with Gasteiger partial charge in [0, 0.05) is 23.8 Å². The highest BCUT2D eigenvalue weighted by molar-refractivity contribution is 5.78. The summed E-state index contributed by atoms with van der Waals surface area (Å²) in [5, 5.41) is 6.05. The number of ether oxygens (including phenoxy) is 1. The maximum atomic E-state index is 13.9. The van der Waals surface area contributed by atoms with E-state index in [4.69, 9.17) is 4.74 Å². The predicted octanol–water partition coefficient (Wildman–Crippen LogP) is 4.92. The van der Waals surface area contributed by atoms with Crippen molar-refractivity contribution < 1.29 is 22.3 Å². The van der Waals surface area contributed by atoms with E-state index in [2.05, 4.69) is 38.7 Å². The van der Waals surface area contributed by atoms with Crippen molar-refractivity contribution in [2.75, 3.05) is 18.4 Å². The highest BCUT2D eigenvalue weighted by atomic mass is 19.4. The fourth-order valence-corrected chi connectivity index (χ4v) is 3.93. The third-order valence-corrected chi connectivity index (χ3v) is 5.75. The molecule has 0 atom stereocenters. The minimum absolute atomic E-state index is 0.0733. The number of benzene rings is 2. The summed E-state index contributed by atoms with van der Waals surface area (Å²) in [6.45, 7) is 1.69. The molecule has 192 valence electrons. The van der Waals surface area contributed by atoms with E-state index in [0.717, 1.165) is 43.4 Å². The Balaban J connectivity index is 1.46. The van der Waals surface area contributed by atoms with Crippen molar-refractivity contribution in [3.8, 4) is 17.8 Å². The summed E-state index contributed by atoms with van der Waals surface area (Å²) < 4.78 is 60.0. The number of halogens is 4. The molecule has 0 unspecified atom stereocenters. The molecule has 0 spiro atoms. The minimum atomic E-state index is -5.09. The summed E-state index contributed by atoms with van der Waals surface area (Å²) in [5.74, 6) is 1.17. The SMILES string of the molecule is O=c1c(C#COc2ccccc2F)cc2cnc(Nc3ccc(C4=CCNCC4)cc3)nc2n1C(F)(F)F. The maximum Gasteiger partial charge on any atom is 0.493 e. The summed E-state index contributed by atoms with van der Waals surface area (Å²) in [6.07, 6.45) is 1.16. The molecular formula is C27H19F4N5O2. The largest absolute Gasteiger partial charge is 0.493 e. The van der Waals surface area contributed by atoms with Crippen molar-refractivity contribution in [3.63, 3.8) is 0 Å². The molecule has 5 rings (SSSR count). The smallest absolute Gasteiger partial charge is 0.404 e. The van der Waals surface area contributed by atoms with Crippen molar-refractivity contribution >= 4 is 28.2 Å². The lowest BCUT2D eigenvalue weighted by atomic mass is 10.0. The molecule has 7 nitrogen and oxygen atoms in total. The quantitative estimate of drug-likeness (QED) is 0.293. The first-order valence-corrected chi connectivity index (χ1v) is 11.5. The van der Waals surface area contributed by atoms with Crippen LogP contribution < -0.4 is 20.9 Å². The van der Waals surface area contributed by atoms with Crippen molar-refractivity contribution in [2.45, 2.75) is 12.7 Å². The van der Waals surface area contributed by atoms with Crippen LogP contribution in [0.3, 0.4) is 0 Å². The number of rotatable bonds is 4. The fraction of sp³-hybridized carbons (Fsp3) is 0.148. The van der Waals surface area contributed by atoms with Crippen LogP contribution in [0.15, 0.2) is 71.7 Å². The zero-order chi connectivity index (χ0) is 26.7. The van der Waals surface area contributed by atoms with Crippen LogP contribution in [0.1, 0.15) is 17.5 Å². The standard InChI is InChI=1S/C27H19F4N5O2/c28-22-3-1-2-4-23(22)38-14-11-19-15-20-16-33-26(35-24(20)36(25(19)37)27(29,30)31)34-21-7-5-17(6-8-21)18-9-12-32-13-10-18/h1-9,15-16,32H,10,12-13H2,(H,33,34,35).